The smallest absolute Gasteiger partial charge is 0.322 e. The molecular formula is C23H24N4O6S. The Morgan fingerprint density at radius 1 is 1.09 bits per heavy atom. The SMILES string of the molecule is CC1CCCCN1S(=O)(=O)c1ccc(C(=O)Nc2nnc(Cc3ccc4c(c3)OCO4)o2)cc1. The van der Waals surface area contributed by atoms with Crippen molar-refractivity contribution in [3.63, 3.8) is 0 Å². The van der Waals surface area contributed by atoms with Crippen LogP contribution in [0.4, 0.5) is 6.01 Å². The molecule has 10 nitrogen and oxygen atoms in total. The average molecular weight is 485 g/mol. The Kier molecular flexibility index (Phi) is 5.96. The summed E-state index contributed by atoms with van der Waals surface area (Å²) in [6.45, 7) is 2.63. The van der Waals surface area contributed by atoms with Crippen LogP contribution in [0.5, 0.6) is 11.5 Å². The Morgan fingerprint density at radius 3 is 2.68 bits per heavy atom. The number of carbonyl (C=O) groups is 1. The van der Waals surface area contributed by atoms with E-state index < -0.39 is 15.9 Å². The number of amides is 1. The first-order valence-electron chi connectivity index (χ1n) is 11.0. The molecule has 1 aromatic heterocycles. The summed E-state index contributed by atoms with van der Waals surface area (Å²) in [5, 5.41) is 10.4. The predicted molar refractivity (Wildman–Crippen MR) is 121 cm³/mol. The van der Waals surface area contributed by atoms with E-state index in [0.717, 1.165) is 24.8 Å². The summed E-state index contributed by atoms with van der Waals surface area (Å²) in [6, 6.07) is 11.3. The fourth-order valence-electron chi connectivity index (χ4n) is 4.11. The van der Waals surface area contributed by atoms with E-state index in [-0.39, 0.29) is 29.3 Å². The van der Waals surface area contributed by atoms with E-state index in [1.54, 1.807) is 0 Å². The fourth-order valence-corrected chi connectivity index (χ4v) is 5.81. The van der Waals surface area contributed by atoms with Crippen molar-refractivity contribution in [1.29, 1.82) is 0 Å². The number of nitrogens with zero attached hydrogens (tertiary/aromatic N) is 3. The average Bonchev–Trinajstić information content (AvgIpc) is 3.48. The highest BCUT2D eigenvalue weighted by Gasteiger charge is 2.31. The molecule has 3 heterocycles. The highest BCUT2D eigenvalue weighted by molar-refractivity contribution is 7.89. The van der Waals surface area contributed by atoms with Crippen molar-refractivity contribution in [3.8, 4) is 11.5 Å². The van der Waals surface area contributed by atoms with Crippen molar-refractivity contribution < 1.29 is 27.1 Å². The summed E-state index contributed by atoms with van der Waals surface area (Å²) in [5.41, 5.74) is 1.17. The standard InChI is InChI=1S/C23H24N4O6S/c1-15-4-2-3-11-27(15)34(29,30)18-8-6-17(7-9-18)22(28)24-23-26-25-21(33-23)13-16-5-10-19-20(12-16)32-14-31-19/h5-10,12,15H,2-4,11,13-14H2,1H3,(H,24,26,28). The summed E-state index contributed by atoms with van der Waals surface area (Å²) >= 11 is 0. The molecule has 0 bridgehead atoms. The summed E-state index contributed by atoms with van der Waals surface area (Å²) in [7, 11) is -3.60. The van der Waals surface area contributed by atoms with E-state index in [1.165, 1.54) is 28.6 Å². The maximum absolute atomic E-state index is 13.0. The minimum Gasteiger partial charge on any atom is -0.454 e. The van der Waals surface area contributed by atoms with Gasteiger partial charge in [-0.3, -0.25) is 10.1 Å². The highest BCUT2D eigenvalue weighted by Crippen LogP contribution is 2.33. The zero-order valence-corrected chi connectivity index (χ0v) is 19.4. The Labute approximate surface area is 196 Å². The van der Waals surface area contributed by atoms with E-state index in [2.05, 4.69) is 15.5 Å². The van der Waals surface area contributed by atoms with Gasteiger partial charge in [0, 0.05) is 18.2 Å². The van der Waals surface area contributed by atoms with Crippen LogP contribution in [0.15, 0.2) is 51.8 Å². The number of nitrogens with one attached hydrogen (secondary N) is 1. The second-order valence-corrected chi connectivity index (χ2v) is 10.2. The molecule has 0 aliphatic carbocycles. The second kappa shape index (κ2) is 9.07. The van der Waals surface area contributed by atoms with E-state index in [4.69, 9.17) is 13.9 Å². The van der Waals surface area contributed by atoms with E-state index in [9.17, 15) is 13.2 Å². The Morgan fingerprint density at radius 2 is 1.88 bits per heavy atom. The van der Waals surface area contributed by atoms with Crippen LogP contribution in [-0.2, 0) is 16.4 Å². The lowest BCUT2D eigenvalue weighted by molar-refractivity contribution is 0.102. The van der Waals surface area contributed by atoms with Crippen LogP contribution in [0, 0.1) is 0 Å². The summed E-state index contributed by atoms with van der Waals surface area (Å²) < 4.78 is 43.7. The van der Waals surface area contributed by atoms with Gasteiger partial charge in [-0.05, 0) is 61.7 Å². The molecule has 0 spiro atoms. The van der Waals surface area contributed by atoms with Gasteiger partial charge in [0.25, 0.3) is 5.91 Å². The second-order valence-electron chi connectivity index (χ2n) is 8.30. The predicted octanol–water partition coefficient (Wildman–Crippen LogP) is 3.20. The van der Waals surface area contributed by atoms with E-state index in [1.807, 2.05) is 25.1 Å². The molecule has 1 N–H and O–H groups in total. The van der Waals surface area contributed by atoms with Crippen LogP contribution in [0.2, 0.25) is 0 Å². The molecule has 2 aromatic carbocycles. The topological polar surface area (TPSA) is 124 Å². The van der Waals surface area contributed by atoms with Gasteiger partial charge in [-0.2, -0.15) is 4.31 Å². The van der Waals surface area contributed by atoms with E-state index >= 15 is 0 Å². The number of carbonyl (C=O) groups excluding carboxylic acids is 1. The number of hydrogen-bond donors (Lipinski definition) is 1. The minimum absolute atomic E-state index is 0.0360. The largest absolute Gasteiger partial charge is 0.454 e. The monoisotopic (exact) mass is 484 g/mol. The lowest BCUT2D eigenvalue weighted by atomic mass is 10.1. The molecule has 2 aliphatic heterocycles. The number of hydrogen-bond acceptors (Lipinski definition) is 8. The third-order valence-corrected chi connectivity index (χ3v) is 7.97. The summed E-state index contributed by atoms with van der Waals surface area (Å²) in [5.74, 6) is 1.19. The lowest BCUT2D eigenvalue weighted by Crippen LogP contribution is -2.41. The van der Waals surface area contributed by atoms with Gasteiger partial charge in [-0.1, -0.05) is 17.6 Å². The lowest BCUT2D eigenvalue weighted by Gasteiger charge is -2.32. The molecule has 1 saturated heterocycles. The first-order valence-corrected chi connectivity index (χ1v) is 12.5. The number of benzene rings is 2. The maximum Gasteiger partial charge on any atom is 0.322 e. The van der Waals surface area contributed by atoms with Crippen molar-refractivity contribution in [2.75, 3.05) is 18.7 Å². The maximum atomic E-state index is 13.0. The molecule has 0 radical (unpaired) electrons. The Bertz CT molecular complexity index is 1310. The van der Waals surface area contributed by atoms with Gasteiger partial charge in [-0.25, -0.2) is 8.42 Å². The van der Waals surface area contributed by atoms with Gasteiger partial charge in [0.2, 0.25) is 22.7 Å². The number of aromatic nitrogens is 2. The Balaban J connectivity index is 1.23. The number of fused-ring (bicyclic) bond motifs is 1. The number of piperidine rings is 1. The highest BCUT2D eigenvalue weighted by atomic mass is 32.2. The van der Waals surface area contributed by atoms with Crippen LogP contribution in [-0.4, -0.2) is 48.2 Å². The van der Waals surface area contributed by atoms with Crippen molar-refractivity contribution in [3.05, 3.63) is 59.5 Å². The molecular weight excluding hydrogens is 460 g/mol. The molecule has 178 valence electrons. The van der Waals surface area contributed by atoms with Gasteiger partial charge >= 0.3 is 6.01 Å². The molecule has 1 fully saturated rings. The zero-order chi connectivity index (χ0) is 23.7. The van der Waals surface area contributed by atoms with Crippen LogP contribution in [0.1, 0.15) is 48.0 Å². The van der Waals surface area contributed by atoms with Crippen LogP contribution < -0.4 is 14.8 Å². The fraction of sp³-hybridized carbons (Fsp3) is 0.348. The normalized spacial score (nSPS) is 18.1. The molecule has 5 rings (SSSR count). The molecule has 2 aliphatic rings. The molecule has 0 saturated carbocycles. The molecule has 34 heavy (non-hydrogen) atoms. The van der Waals surface area contributed by atoms with Gasteiger partial charge in [-0.15, -0.1) is 5.10 Å². The summed E-state index contributed by atoms with van der Waals surface area (Å²) in [4.78, 5) is 12.8. The number of ether oxygens (including phenoxy) is 2. The minimum atomic E-state index is -3.60. The van der Waals surface area contributed by atoms with Crippen molar-refractivity contribution in [1.82, 2.24) is 14.5 Å². The number of rotatable bonds is 6. The van der Waals surface area contributed by atoms with E-state index in [0.29, 0.717) is 30.4 Å². The third kappa shape index (κ3) is 4.48. The zero-order valence-electron chi connectivity index (χ0n) is 18.6. The van der Waals surface area contributed by atoms with Gasteiger partial charge in [0.15, 0.2) is 11.5 Å². The molecule has 11 heteroatoms. The number of anilines is 1. The quantitative estimate of drug-likeness (QED) is 0.566. The molecule has 1 atom stereocenters. The number of sulfonamides is 1. The first kappa shape index (κ1) is 22.4. The molecule has 1 unspecified atom stereocenters. The molecule has 1 amide bonds. The van der Waals surface area contributed by atoms with Gasteiger partial charge in [0.05, 0.1) is 11.3 Å². The van der Waals surface area contributed by atoms with Crippen LogP contribution >= 0.6 is 0 Å². The van der Waals surface area contributed by atoms with Crippen molar-refractivity contribution in [2.45, 2.75) is 43.5 Å². The Hall–Kier alpha value is -3.44. The molecule has 3 aromatic rings. The van der Waals surface area contributed by atoms with Crippen LogP contribution in [0.3, 0.4) is 0 Å². The third-order valence-electron chi connectivity index (χ3n) is 5.94. The summed E-state index contributed by atoms with van der Waals surface area (Å²) in [6.07, 6.45) is 3.09. The van der Waals surface area contributed by atoms with Gasteiger partial charge in [0.1, 0.15) is 0 Å². The first-order chi connectivity index (χ1) is 16.4. The van der Waals surface area contributed by atoms with Crippen LogP contribution in [0.25, 0.3) is 0 Å². The van der Waals surface area contributed by atoms with Crippen molar-refractivity contribution in [2.24, 2.45) is 0 Å². The van der Waals surface area contributed by atoms with Crippen molar-refractivity contribution >= 4 is 21.9 Å². The van der Waals surface area contributed by atoms with Gasteiger partial charge < -0.3 is 13.9 Å².